The van der Waals surface area contributed by atoms with Crippen molar-refractivity contribution in [1.29, 1.82) is 5.26 Å². The lowest BCUT2D eigenvalue weighted by atomic mass is 10.2. The van der Waals surface area contributed by atoms with Crippen molar-refractivity contribution in [2.75, 3.05) is 37.6 Å². The molecule has 1 aliphatic heterocycles. The van der Waals surface area contributed by atoms with Crippen molar-refractivity contribution in [3.63, 3.8) is 0 Å². The first-order valence-corrected chi connectivity index (χ1v) is 6.67. The lowest BCUT2D eigenvalue weighted by molar-refractivity contribution is 0.254. The quantitative estimate of drug-likeness (QED) is 0.811. The molecule has 1 aromatic rings. The van der Waals surface area contributed by atoms with Gasteiger partial charge in [-0.15, -0.1) is 0 Å². The number of aromatic nitrogens is 1. The highest BCUT2D eigenvalue weighted by Crippen LogP contribution is 2.15. The van der Waals surface area contributed by atoms with E-state index in [9.17, 15) is 0 Å². The minimum absolute atomic E-state index is 0.486. The number of anilines is 1. The van der Waals surface area contributed by atoms with E-state index in [0.29, 0.717) is 5.69 Å². The third-order valence-electron chi connectivity index (χ3n) is 3.43. The second-order valence-electron chi connectivity index (χ2n) is 4.70. The molecule has 0 atom stereocenters. The van der Waals surface area contributed by atoms with Crippen molar-refractivity contribution in [3.8, 4) is 6.07 Å². The molecule has 96 valence electrons. The molecule has 4 nitrogen and oxygen atoms in total. The number of nitriles is 1. The molecule has 18 heavy (non-hydrogen) atoms. The number of rotatable bonds is 4. The maximum absolute atomic E-state index is 8.72. The molecule has 1 aliphatic rings. The van der Waals surface area contributed by atoms with Gasteiger partial charge in [0.05, 0.1) is 11.9 Å². The van der Waals surface area contributed by atoms with E-state index in [4.69, 9.17) is 5.26 Å². The zero-order chi connectivity index (χ0) is 12.8. The fourth-order valence-electron chi connectivity index (χ4n) is 2.25. The van der Waals surface area contributed by atoms with Gasteiger partial charge in [-0.1, -0.05) is 13.3 Å². The summed E-state index contributed by atoms with van der Waals surface area (Å²) in [6.07, 6.45) is 4.36. The Morgan fingerprint density at radius 1 is 1.28 bits per heavy atom. The highest BCUT2D eigenvalue weighted by atomic mass is 15.3. The van der Waals surface area contributed by atoms with Gasteiger partial charge >= 0.3 is 0 Å². The topological polar surface area (TPSA) is 43.2 Å². The molecule has 0 unspecified atom stereocenters. The molecule has 0 aliphatic carbocycles. The molecule has 1 fully saturated rings. The highest BCUT2D eigenvalue weighted by molar-refractivity contribution is 5.46. The van der Waals surface area contributed by atoms with E-state index in [1.807, 2.05) is 12.1 Å². The van der Waals surface area contributed by atoms with Crippen molar-refractivity contribution in [1.82, 2.24) is 9.88 Å². The smallest absolute Gasteiger partial charge is 0.140 e. The van der Waals surface area contributed by atoms with Crippen LogP contribution < -0.4 is 4.90 Å². The van der Waals surface area contributed by atoms with Crippen molar-refractivity contribution in [2.45, 2.75) is 19.8 Å². The standard InChI is InChI=1S/C14H20N4/c1-2-3-6-17-7-9-18(10-8-17)14-5-4-13(11-15)16-12-14/h4-5,12H,2-3,6-10H2,1H3. The third kappa shape index (κ3) is 3.21. The Labute approximate surface area is 109 Å². The van der Waals surface area contributed by atoms with Gasteiger partial charge in [-0.25, -0.2) is 4.98 Å². The summed E-state index contributed by atoms with van der Waals surface area (Å²) >= 11 is 0. The molecule has 0 bridgehead atoms. The molecule has 0 amide bonds. The summed E-state index contributed by atoms with van der Waals surface area (Å²) < 4.78 is 0. The van der Waals surface area contributed by atoms with E-state index in [0.717, 1.165) is 31.9 Å². The van der Waals surface area contributed by atoms with Crippen LogP contribution in [0.25, 0.3) is 0 Å². The van der Waals surface area contributed by atoms with Crippen LogP contribution in [0.3, 0.4) is 0 Å². The van der Waals surface area contributed by atoms with Gasteiger partial charge in [-0.2, -0.15) is 5.26 Å². The molecule has 0 radical (unpaired) electrons. The Morgan fingerprint density at radius 2 is 2.06 bits per heavy atom. The van der Waals surface area contributed by atoms with Crippen LogP contribution in [-0.4, -0.2) is 42.6 Å². The summed E-state index contributed by atoms with van der Waals surface area (Å²) in [7, 11) is 0. The second-order valence-corrected chi connectivity index (χ2v) is 4.70. The minimum atomic E-state index is 0.486. The number of pyridine rings is 1. The number of hydrogen-bond donors (Lipinski definition) is 0. The van der Waals surface area contributed by atoms with E-state index >= 15 is 0 Å². The van der Waals surface area contributed by atoms with Gasteiger partial charge in [0.15, 0.2) is 0 Å². The molecule has 2 rings (SSSR count). The molecular weight excluding hydrogens is 224 g/mol. The van der Waals surface area contributed by atoms with Crippen molar-refractivity contribution in [3.05, 3.63) is 24.0 Å². The molecule has 0 spiro atoms. The Hall–Kier alpha value is -1.60. The molecule has 0 N–H and O–H groups in total. The normalized spacial score (nSPS) is 16.6. The number of nitrogens with zero attached hydrogens (tertiary/aromatic N) is 4. The average molecular weight is 244 g/mol. The molecule has 1 saturated heterocycles. The van der Waals surface area contributed by atoms with Gasteiger partial charge in [-0.3, -0.25) is 4.90 Å². The maximum Gasteiger partial charge on any atom is 0.140 e. The van der Waals surface area contributed by atoms with Crippen LogP contribution in [0.4, 0.5) is 5.69 Å². The molecule has 4 heteroatoms. The molecule has 1 aromatic heterocycles. The van der Waals surface area contributed by atoms with Crippen molar-refractivity contribution >= 4 is 5.69 Å². The van der Waals surface area contributed by atoms with Gasteiger partial charge in [0, 0.05) is 26.2 Å². The van der Waals surface area contributed by atoms with Gasteiger partial charge < -0.3 is 4.90 Å². The molecule has 0 aromatic carbocycles. The molecular formula is C14H20N4. The first kappa shape index (κ1) is 12.8. The lowest BCUT2D eigenvalue weighted by Gasteiger charge is -2.35. The first-order chi connectivity index (χ1) is 8.83. The fourth-order valence-corrected chi connectivity index (χ4v) is 2.25. The summed E-state index contributed by atoms with van der Waals surface area (Å²) in [6, 6.07) is 5.83. The van der Waals surface area contributed by atoms with Crippen LogP contribution in [0.5, 0.6) is 0 Å². The van der Waals surface area contributed by atoms with E-state index < -0.39 is 0 Å². The Balaban J connectivity index is 1.87. The van der Waals surface area contributed by atoms with Gasteiger partial charge in [-0.05, 0) is 25.1 Å². The predicted octanol–water partition coefficient (Wildman–Crippen LogP) is 1.88. The Morgan fingerprint density at radius 3 is 2.61 bits per heavy atom. The van der Waals surface area contributed by atoms with E-state index in [1.165, 1.54) is 19.4 Å². The summed E-state index contributed by atoms with van der Waals surface area (Å²) in [5, 5.41) is 8.72. The number of hydrogen-bond acceptors (Lipinski definition) is 4. The molecule has 0 saturated carbocycles. The predicted molar refractivity (Wildman–Crippen MR) is 72.5 cm³/mol. The SMILES string of the molecule is CCCCN1CCN(c2ccc(C#N)nc2)CC1. The summed E-state index contributed by atoms with van der Waals surface area (Å²) in [6.45, 7) is 7.81. The maximum atomic E-state index is 8.72. The summed E-state index contributed by atoms with van der Waals surface area (Å²) in [5.41, 5.74) is 1.62. The van der Waals surface area contributed by atoms with Crippen LogP contribution in [0.2, 0.25) is 0 Å². The third-order valence-corrected chi connectivity index (χ3v) is 3.43. The van der Waals surface area contributed by atoms with Crippen LogP contribution >= 0.6 is 0 Å². The zero-order valence-corrected chi connectivity index (χ0v) is 11.0. The average Bonchev–Trinajstić information content (AvgIpc) is 2.46. The number of piperazine rings is 1. The van der Waals surface area contributed by atoms with Crippen LogP contribution in [0, 0.1) is 11.3 Å². The van der Waals surface area contributed by atoms with Crippen LogP contribution in [-0.2, 0) is 0 Å². The highest BCUT2D eigenvalue weighted by Gasteiger charge is 2.16. The lowest BCUT2D eigenvalue weighted by Crippen LogP contribution is -2.46. The zero-order valence-electron chi connectivity index (χ0n) is 11.0. The van der Waals surface area contributed by atoms with E-state index in [1.54, 1.807) is 12.3 Å². The second kappa shape index (κ2) is 6.36. The van der Waals surface area contributed by atoms with Gasteiger partial charge in [0.1, 0.15) is 11.8 Å². The van der Waals surface area contributed by atoms with Crippen LogP contribution in [0.15, 0.2) is 18.3 Å². The monoisotopic (exact) mass is 244 g/mol. The Kier molecular flexibility index (Phi) is 4.54. The largest absolute Gasteiger partial charge is 0.368 e. The van der Waals surface area contributed by atoms with Gasteiger partial charge in [0.2, 0.25) is 0 Å². The minimum Gasteiger partial charge on any atom is -0.368 e. The van der Waals surface area contributed by atoms with E-state index in [-0.39, 0.29) is 0 Å². The van der Waals surface area contributed by atoms with E-state index in [2.05, 4.69) is 21.7 Å². The molecule has 2 heterocycles. The fraction of sp³-hybridized carbons (Fsp3) is 0.571. The summed E-state index contributed by atoms with van der Waals surface area (Å²) in [4.78, 5) is 8.99. The first-order valence-electron chi connectivity index (χ1n) is 6.67. The van der Waals surface area contributed by atoms with Gasteiger partial charge in [0.25, 0.3) is 0 Å². The number of unbranched alkanes of at least 4 members (excludes halogenated alkanes) is 1. The summed E-state index contributed by atoms with van der Waals surface area (Å²) in [5.74, 6) is 0. The van der Waals surface area contributed by atoms with Crippen molar-refractivity contribution in [2.24, 2.45) is 0 Å². The van der Waals surface area contributed by atoms with Crippen molar-refractivity contribution < 1.29 is 0 Å². The van der Waals surface area contributed by atoms with Crippen LogP contribution in [0.1, 0.15) is 25.5 Å². The Bertz CT molecular complexity index is 399.